The summed E-state index contributed by atoms with van der Waals surface area (Å²) in [4.78, 5) is 16.2. The fourth-order valence-corrected chi connectivity index (χ4v) is 3.15. The van der Waals surface area contributed by atoms with E-state index >= 15 is 0 Å². The summed E-state index contributed by atoms with van der Waals surface area (Å²) in [5, 5.41) is 0. The molecule has 1 aliphatic heterocycles. The van der Waals surface area contributed by atoms with Crippen LogP contribution in [-0.4, -0.2) is 74.5 Å². The number of rotatable bonds is 5. The fourth-order valence-electron chi connectivity index (χ4n) is 2.73. The van der Waals surface area contributed by atoms with Crippen LogP contribution in [0.3, 0.4) is 0 Å². The van der Waals surface area contributed by atoms with Crippen molar-refractivity contribution in [2.45, 2.75) is 58.7 Å². The van der Waals surface area contributed by atoms with E-state index in [1.165, 1.54) is 0 Å². The van der Waals surface area contributed by atoms with Crippen LogP contribution >= 0.6 is 0 Å². The van der Waals surface area contributed by atoms with Crippen molar-refractivity contribution in [1.82, 2.24) is 9.80 Å². The van der Waals surface area contributed by atoms with Crippen LogP contribution in [0.2, 0.25) is 0 Å². The number of amides is 1. The van der Waals surface area contributed by atoms with Crippen molar-refractivity contribution in [2.24, 2.45) is 0 Å². The van der Waals surface area contributed by atoms with Crippen LogP contribution < -0.4 is 0 Å². The van der Waals surface area contributed by atoms with Gasteiger partial charge in [-0.25, -0.2) is 4.79 Å². The first-order valence-electron chi connectivity index (χ1n) is 7.97. The van der Waals surface area contributed by atoms with Crippen LogP contribution in [-0.2, 0) is 19.0 Å². The van der Waals surface area contributed by atoms with Gasteiger partial charge in [0.15, 0.2) is 0 Å². The standard InChI is InChI=1S/C15H30N2O5S/c1-12-10-16(14(18)22-15(3,4)5)11-13(2)17(12)8-7-9-21-23(6,19)20/h12-13H,7-11H2,1-6H3/t12-,13?/m1/s1. The second kappa shape index (κ2) is 7.81. The molecule has 0 aliphatic carbocycles. The Hall–Kier alpha value is -0.860. The average molecular weight is 350 g/mol. The van der Waals surface area contributed by atoms with Gasteiger partial charge in [0.25, 0.3) is 10.1 Å². The Morgan fingerprint density at radius 1 is 1.17 bits per heavy atom. The summed E-state index contributed by atoms with van der Waals surface area (Å²) in [5.41, 5.74) is -0.496. The summed E-state index contributed by atoms with van der Waals surface area (Å²) in [6.45, 7) is 11.8. The summed E-state index contributed by atoms with van der Waals surface area (Å²) in [6.07, 6.45) is 1.41. The molecule has 7 nitrogen and oxygen atoms in total. The molecule has 0 aromatic heterocycles. The third kappa shape index (κ3) is 7.50. The molecular weight excluding hydrogens is 320 g/mol. The van der Waals surface area contributed by atoms with E-state index in [1.807, 2.05) is 20.8 Å². The zero-order valence-electron chi connectivity index (χ0n) is 15.0. The summed E-state index contributed by atoms with van der Waals surface area (Å²) in [6, 6.07) is 0.369. The molecule has 1 unspecified atom stereocenters. The molecule has 1 rings (SSSR count). The van der Waals surface area contributed by atoms with Gasteiger partial charge >= 0.3 is 6.09 Å². The third-order valence-corrected chi connectivity index (χ3v) is 4.21. The molecule has 0 bridgehead atoms. The van der Waals surface area contributed by atoms with Gasteiger partial charge in [0.1, 0.15) is 5.60 Å². The highest BCUT2D eigenvalue weighted by Crippen LogP contribution is 2.19. The van der Waals surface area contributed by atoms with Crippen LogP contribution in [0.4, 0.5) is 4.79 Å². The highest BCUT2D eigenvalue weighted by molar-refractivity contribution is 7.85. The molecule has 0 aromatic carbocycles. The lowest BCUT2D eigenvalue weighted by molar-refractivity contribution is -0.00839. The van der Waals surface area contributed by atoms with Crippen molar-refractivity contribution >= 4 is 16.2 Å². The van der Waals surface area contributed by atoms with Crippen molar-refractivity contribution in [3.05, 3.63) is 0 Å². The van der Waals surface area contributed by atoms with Gasteiger partial charge in [0, 0.05) is 31.7 Å². The SMILES string of the molecule is CC1CN(C(=O)OC(C)(C)C)C[C@@H](C)N1CCCOS(C)(=O)=O. The third-order valence-electron chi connectivity index (χ3n) is 3.61. The van der Waals surface area contributed by atoms with Crippen LogP contribution in [0.25, 0.3) is 0 Å². The van der Waals surface area contributed by atoms with Crippen LogP contribution in [0.1, 0.15) is 41.0 Å². The second-order valence-electron chi connectivity index (χ2n) is 7.20. The van der Waals surface area contributed by atoms with Gasteiger partial charge in [0.05, 0.1) is 12.9 Å². The summed E-state index contributed by atoms with van der Waals surface area (Å²) < 4.78 is 32.1. The van der Waals surface area contributed by atoms with Crippen LogP contribution in [0.5, 0.6) is 0 Å². The maximum absolute atomic E-state index is 12.2. The molecule has 1 saturated heterocycles. The van der Waals surface area contributed by atoms with E-state index in [4.69, 9.17) is 8.92 Å². The minimum atomic E-state index is -3.38. The topological polar surface area (TPSA) is 76.2 Å². The molecular formula is C15H30N2O5S. The van der Waals surface area contributed by atoms with Crippen LogP contribution in [0, 0.1) is 0 Å². The lowest BCUT2D eigenvalue weighted by atomic mass is 10.1. The molecule has 0 spiro atoms. The largest absolute Gasteiger partial charge is 0.444 e. The van der Waals surface area contributed by atoms with E-state index in [0.717, 1.165) is 12.8 Å². The molecule has 1 amide bonds. The Morgan fingerprint density at radius 2 is 1.70 bits per heavy atom. The van der Waals surface area contributed by atoms with E-state index in [1.54, 1.807) is 4.90 Å². The van der Waals surface area contributed by atoms with Crippen molar-refractivity contribution in [2.75, 3.05) is 32.5 Å². The summed E-state index contributed by atoms with van der Waals surface area (Å²) in [5.74, 6) is 0. The van der Waals surface area contributed by atoms with E-state index in [2.05, 4.69) is 18.7 Å². The fraction of sp³-hybridized carbons (Fsp3) is 0.933. The van der Waals surface area contributed by atoms with Gasteiger partial charge in [-0.05, 0) is 41.0 Å². The number of ether oxygens (including phenoxy) is 1. The lowest BCUT2D eigenvalue weighted by Crippen LogP contribution is -2.58. The normalized spacial score (nSPS) is 23.8. The number of nitrogens with zero attached hydrogens (tertiary/aromatic N) is 2. The summed E-state index contributed by atoms with van der Waals surface area (Å²) in [7, 11) is -3.38. The Bertz CT molecular complexity index is 488. The smallest absolute Gasteiger partial charge is 0.410 e. The highest BCUT2D eigenvalue weighted by Gasteiger charge is 2.33. The predicted molar refractivity (Wildman–Crippen MR) is 88.8 cm³/mol. The van der Waals surface area contributed by atoms with Gasteiger partial charge in [-0.15, -0.1) is 0 Å². The summed E-state index contributed by atoms with van der Waals surface area (Å²) >= 11 is 0. The number of carbonyl (C=O) groups excluding carboxylic acids is 1. The number of hydrogen-bond donors (Lipinski definition) is 0. The van der Waals surface area contributed by atoms with Crippen molar-refractivity contribution in [1.29, 1.82) is 0 Å². The molecule has 0 radical (unpaired) electrons. The molecule has 1 heterocycles. The number of piperazine rings is 1. The van der Waals surface area contributed by atoms with E-state index in [-0.39, 0.29) is 24.8 Å². The minimum Gasteiger partial charge on any atom is -0.444 e. The van der Waals surface area contributed by atoms with Gasteiger partial charge in [-0.2, -0.15) is 8.42 Å². The Balaban J connectivity index is 2.48. The predicted octanol–water partition coefficient (Wildman–Crippen LogP) is 1.68. The quantitative estimate of drug-likeness (QED) is 0.555. The number of carbonyl (C=O) groups is 1. The number of hydrogen-bond acceptors (Lipinski definition) is 6. The molecule has 23 heavy (non-hydrogen) atoms. The zero-order chi connectivity index (χ0) is 17.8. The molecule has 0 aromatic rings. The molecule has 8 heteroatoms. The van der Waals surface area contributed by atoms with Gasteiger partial charge < -0.3 is 9.64 Å². The first-order valence-corrected chi connectivity index (χ1v) is 9.79. The molecule has 1 fully saturated rings. The highest BCUT2D eigenvalue weighted by atomic mass is 32.2. The van der Waals surface area contributed by atoms with Gasteiger partial charge in [0.2, 0.25) is 0 Å². The Labute approximate surface area is 140 Å². The molecule has 2 atom stereocenters. The minimum absolute atomic E-state index is 0.185. The lowest BCUT2D eigenvalue weighted by Gasteiger charge is -2.44. The van der Waals surface area contributed by atoms with Crippen molar-refractivity contribution in [3.8, 4) is 0 Å². The monoisotopic (exact) mass is 350 g/mol. The van der Waals surface area contributed by atoms with E-state index < -0.39 is 15.7 Å². The molecule has 0 saturated carbocycles. The van der Waals surface area contributed by atoms with Gasteiger partial charge in [-0.1, -0.05) is 0 Å². The first kappa shape index (κ1) is 20.2. The molecule has 136 valence electrons. The van der Waals surface area contributed by atoms with Crippen molar-refractivity contribution in [3.63, 3.8) is 0 Å². The Morgan fingerprint density at radius 3 is 2.13 bits per heavy atom. The molecule has 0 N–H and O–H groups in total. The second-order valence-corrected chi connectivity index (χ2v) is 8.84. The average Bonchev–Trinajstić information content (AvgIpc) is 2.33. The Kier molecular flexibility index (Phi) is 6.85. The zero-order valence-corrected chi connectivity index (χ0v) is 15.9. The first-order chi connectivity index (χ1) is 10.4. The van der Waals surface area contributed by atoms with E-state index in [9.17, 15) is 13.2 Å². The molecule has 1 aliphatic rings. The van der Waals surface area contributed by atoms with E-state index in [0.29, 0.717) is 19.5 Å². The van der Waals surface area contributed by atoms with Gasteiger partial charge in [-0.3, -0.25) is 9.08 Å². The maximum atomic E-state index is 12.2. The van der Waals surface area contributed by atoms with Crippen LogP contribution in [0.15, 0.2) is 0 Å². The maximum Gasteiger partial charge on any atom is 0.410 e. The van der Waals surface area contributed by atoms with Crippen molar-refractivity contribution < 1.29 is 22.1 Å².